The number of ketones is 2. The second-order valence-electron chi connectivity index (χ2n) is 9.40. The van der Waals surface area contributed by atoms with E-state index in [0.29, 0.717) is 14.7 Å². The maximum absolute atomic E-state index is 13.6. The minimum Gasteiger partial charge on any atom is -0.616 e. The third kappa shape index (κ3) is 3.68. The molecule has 3 aliphatic carbocycles. The molecule has 188 valence electrons. The summed E-state index contributed by atoms with van der Waals surface area (Å²) in [7, 11) is 3.15. The van der Waals surface area contributed by atoms with Crippen molar-refractivity contribution >= 4 is 51.2 Å². The number of fused-ring (bicyclic) bond motifs is 3. The number of nitrogens with zero attached hydrogens (tertiary/aromatic N) is 1. The molecule has 6 N–H and O–H groups in total. The number of amides is 1. The summed E-state index contributed by atoms with van der Waals surface area (Å²) in [6.45, 7) is 0. The molecule has 0 heterocycles. The van der Waals surface area contributed by atoms with E-state index >= 15 is 0 Å². The van der Waals surface area contributed by atoms with Gasteiger partial charge in [0.1, 0.15) is 28.6 Å². The fourth-order valence-corrected chi connectivity index (χ4v) is 7.18. The number of phenols is 1. The number of carbonyl (C=O) groups excluding carboxylic acids is 3. The van der Waals surface area contributed by atoms with Crippen molar-refractivity contribution in [3.05, 3.63) is 49.0 Å². The van der Waals surface area contributed by atoms with Crippen LogP contribution in [-0.2, 0) is 32.9 Å². The van der Waals surface area contributed by atoms with Crippen LogP contribution in [0, 0.1) is 15.4 Å². The minimum atomic E-state index is -2.67. The first-order chi connectivity index (χ1) is 16.2. The summed E-state index contributed by atoms with van der Waals surface area (Å²) in [5, 5.41) is 44.5. The third-order valence-corrected chi connectivity index (χ3v) is 8.79. The van der Waals surface area contributed by atoms with E-state index in [1.165, 1.54) is 11.2 Å². The monoisotopic (exact) mass is 616 g/mol. The lowest BCUT2D eigenvalue weighted by molar-refractivity contribution is -0.148. The number of phenolic OH excluding ortho intramolecular Hbond substituents is 1. The third-order valence-electron chi connectivity index (χ3n) is 7.11. The molecule has 1 aromatic rings. The number of aliphatic hydroxyl groups excluding tert-OH is 2. The Hall–Kier alpha value is -2.13. The number of likely N-dealkylation sites (N-methyl/N-ethyl adjacent to an activating group) is 1. The Morgan fingerprint density at radius 2 is 1.94 bits per heavy atom. The summed E-state index contributed by atoms with van der Waals surface area (Å²) in [6.07, 6.45) is 1.71. The summed E-state index contributed by atoms with van der Waals surface area (Å²) >= 11 is 0.733. The molecule has 0 radical (unpaired) electrons. The molecule has 12 heteroatoms. The van der Waals surface area contributed by atoms with Crippen molar-refractivity contribution in [2.45, 2.75) is 30.2 Å². The number of benzene rings is 1. The number of hydrogen-bond acceptors (Lipinski definition) is 9. The van der Waals surface area contributed by atoms with Gasteiger partial charge in [-0.15, -0.1) is 0 Å². The highest BCUT2D eigenvalue weighted by Crippen LogP contribution is 2.52. The van der Waals surface area contributed by atoms with E-state index in [0.717, 1.165) is 0 Å². The zero-order valence-corrected chi connectivity index (χ0v) is 22.1. The molecular formula is C23H25IN2O8S. The van der Waals surface area contributed by atoms with Gasteiger partial charge in [-0.2, -0.15) is 0 Å². The molecule has 3 aliphatic rings. The number of halogens is 1. The Morgan fingerprint density at radius 1 is 1.31 bits per heavy atom. The van der Waals surface area contributed by atoms with E-state index in [1.807, 2.05) is 22.6 Å². The van der Waals surface area contributed by atoms with Crippen molar-refractivity contribution in [3.63, 3.8) is 0 Å². The highest BCUT2D eigenvalue weighted by atomic mass is 127. The first-order valence-corrected chi connectivity index (χ1v) is 13.5. The standard InChI is InChI=1S/C23H25IN2O8S/c1-26(2)16-11-5-8-4-10-12(24)6-9(7-35(3)34)17(27)14(10)18(28)13(8)20(30)23(11,33)21(31)15(19(16)29)22(25)32/h6,8,11,16,27,29-30,33H,4-5,7H2,1-3H3,(H2,25,32). The first kappa shape index (κ1) is 25.9. The van der Waals surface area contributed by atoms with Gasteiger partial charge in [0.15, 0.2) is 11.4 Å². The predicted molar refractivity (Wildman–Crippen MR) is 134 cm³/mol. The molecule has 0 aromatic heterocycles. The molecule has 35 heavy (non-hydrogen) atoms. The molecule has 0 bridgehead atoms. The summed E-state index contributed by atoms with van der Waals surface area (Å²) in [4.78, 5) is 40.4. The molecule has 4 rings (SSSR count). The van der Waals surface area contributed by atoms with Crippen LogP contribution < -0.4 is 5.73 Å². The van der Waals surface area contributed by atoms with Gasteiger partial charge >= 0.3 is 0 Å². The number of carbonyl (C=O) groups is 3. The molecule has 0 aliphatic heterocycles. The van der Waals surface area contributed by atoms with Crippen LogP contribution >= 0.6 is 22.6 Å². The zero-order chi connectivity index (χ0) is 26.1. The van der Waals surface area contributed by atoms with E-state index in [4.69, 9.17) is 5.73 Å². The molecule has 0 saturated heterocycles. The van der Waals surface area contributed by atoms with Gasteiger partial charge in [-0.05, 0) is 67.1 Å². The van der Waals surface area contributed by atoms with Crippen molar-refractivity contribution in [1.29, 1.82) is 0 Å². The van der Waals surface area contributed by atoms with Crippen molar-refractivity contribution in [2.75, 3.05) is 20.4 Å². The molecule has 0 fully saturated rings. The summed E-state index contributed by atoms with van der Waals surface area (Å²) < 4.78 is 12.4. The highest BCUT2D eigenvalue weighted by molar-refractivity contribution is 14.1. The predicted octanol–water partition coefficient (Wildman–Crippen LogP) is 0.604. The number of rotatable bonds is 4. The second kappa shape index (κ2) is 8.76. The molecule has 10 nitrogen and oxygen atoms in total. The van der Waals surface area contributed by atoms with Gasteiger partial charge in [0.2, 0.25) is 5.78 Å². The topological polar surface area (TPSA) is 184 Å². The Balaban J connectivity index is 1.95. The van der Waals surface area contributed by atoms with Gasteiger partial charge in [0.25, 0.3) is 5.91 Å². The maximum Gasteiger partial charge on any atom is 0.255 e. The van der Waals surface area contributed by atoms with Crippen LogP contribution in [0.2, 0.25) is 0 Å². The number of aromatic hydroxyl groups is 1. The van der Waals surface area contributed by atoms with Gasteiger partial charge < -0.3 is 30.7 Å². The van der Waals surface area contributed by atoms with Gasteiger partial charge in [0.05, 0.1) is 17.9 Å². The minimum absolute atomic E-state index is 0.0118. The highest BCUT2D eigenvalue weighted by Gasteiger charge is 2.63. The number of primary amides is 1. The van der Waals surface area contributed by atoms with E-state index < -0.39 is 69.2 Å². The SMILES string of the molecule is CN(C)C1C(O)=C(C(N)=O)C(=O)C2(O)C(O)=C3C(=O)c4c(O)c(C[S+](C)[O-])cc(I)c4CC3CC12. The van der Waals surface area contributed by atoms with Crippen molar-refractivity contribution in [2.24, 2.45) is 17.6 Å². The van der Waals surface area contributed by atoms with E-state index in [2.05, 4.69) is 0 Å². The molecule has 5 atom stereocenters. The Labute approximate surface area is 217 Å². The average Bonchev–Trinajstić information content (AvgIpc) is 2.73. The lowest BCUT2D eigenvalue weighted by Gasteiger charge is -2.50. The number of nitrogens with two attached hydrogens (primary N) is 1. The Morgan fingerprint density at radius 3 is 2.49 bits per heavy atom. The lowest BCUT2D eigenvalue weighted by atomic mass is 9.58. The molecular weight excluding hydrogens is 591 g/mol. The van der Waals surface area contributed by atoms with Crippen molar-refractivity contribution < 1.29 is 39.4 Å². The van der Waals surface area contributed by atoms with Crippen LogP contribution in [0.4, 0.5) is 0 Å². The Bertz CT molecular complexity index is 1240. The maximum atomic E-state index is 13.6. The lowest BCUT2D eigenvalue weighted by Crippen LogP contribution is -2.63. The van der Waals surface area contributed by atoms with Crippen LogP contribution in [0.1, 0.15) is 27.9 Å². The molecule has 0 spiro atoms. The molecule has 1 amide bonds. The largest absolute Gasteiger partial charge is 0.616 e. The smallest absolute Gasteiger partial charge is 0.255 e. The van der Waals surface area contributed by atoms with Gasteiger partial charge in [-0.3, -0.25) is 19.3 Å². The fraction of sp³-hybridized carbons (Fsp3) is 0.435. The number of Topliss-reactive ketones (excluding diaryl/α,β-unsaturated/α-hetero) is 2. The molecule has 5 unspecified atom stereocenters. The summed E-state index contributed by atoms with van der Waals surface area (Å²) in [5.74, 6) is -6.85. The number of aliphatic hydroxyl groups is 3. The van der Waals surface area contributed by atoms with Gasteiger partial charge in [0, 0.05) is 20.6 Å². The van der Waals surface area contributed by atoms with Crippen molar-refractivity contribution in [1.82, 2.24) is 4.90 Å². The van der Waals surface area contributed by atoms with Crippen LogP contribution in [-0.4, -0.2) is 79.3 Å². The van der Waals surface area contributed by atoms with Crippen molar-refractivity contribution in [3.8, 4) is 5.75 Å². The zero-order valence-electron chi connectivity index (χ0n) is 19.2. The van der Waals surface area contributed by atoms with E-state index in [-0.39, 0.29) is 35.5 Å². The van der Waals surface area contributed by atoms with Crippen LogP contribution in [0.5, 0.6) is 5.75 Å². The number of allylic oxidation sites excluding steroid dienone is 1. The quantitative estimate of drug-likeness (QED) is 0.184. The summed E-state index contributed by atoms with van der Waals surface area (Å²) in [6, 6.07) is 0.632. The van der Waals surface area contributed by atoms with Gasteiger partial charge in [-0.25, -0.2) is 0 Å². The summed E-state index contributed by atoms with van der Waals surface area (Å²) in [5.41, 5.74) is 2.37. The molecule has 1 aromatic carbocycles. The van der Waals surface area contributed by atoms with Gasteiger partial charge in [-0.1, -0.05) is 11.2 Å². The van der Waals surface area contributed by atoms with Crippen LogP contribution in [0.25, 0.3) is 0 Å². The fourth-order valence-electron chi connectivity index (χ4n) is 5.65. The average molecular weight is 616 g/mol. The van der Waals surface area contributed by atoms with E-state index in [1.54, 1.807) is 20.2 Å². The number of hydrogen-bond donors (Lipinski definition) is 5. The first-order valence-electron chi connectivity index (χ1n) is 10.7. The Kier molecular flexibility index (Phi) is 6.50. The van der Waals surface area contributed by atoms with Crippen LogP contribution in [0.3, 0.4) is 0 Å². The normalized spacial score (nSPS) is 29.2. The molecule has 0 saturated carbocycles. The van der Waals surface area contributed by atoms with Crippen LogP contribution in [0.15, 0.2) is 28.7 Å². The van der Waals surface area contributed by atoms with E-state index in [9.17, 15) is 39.4 Å². The second-order valence-corrected chi connectivity index (χ2v) is 12.0.